The number of hydrogen-bond donors (Lipinski definition) is 2. The zero-order valence-corrected chi connectivity index (χ0v) is 17.9. The number of hydrogen-bond acceptors (Lipinski definition) is 6. The van der Waals surface area contributed by atoms with Crippen LogP contribution in [0, 0.1) is 5.92 Å². The topological polar surface area (TPSA) is 113 Å². The molecule has 0 bridgehead atoms. The Labute approximate surface area is 177 Å². The molecule has 1 saturated heterocycles. The third kappa shape index (κ3) is 3.62. The van der Waals surface area contributed by atoms with Gasteiger partial charge in [0, 0.05) is 25.9 Å². The van der Waals surface area contributed by atoms with Gasteiger partial charge in [0.2, 0.25) is 10.0 Å². The second-order valence-corrected chi connectivity index (χ2v) is 10.2. The van der Waals surface area contributed by atoms with Gasteiger partial charge in [0.25, 0.3) is 0 Å². The van der Waals surface area contributed by atoms with Crippen molar-refractivity contribution < 1.29 is 27.9 Å². The maximum Gasteiger partial charge on any atom is 0.414 e. The minimum atomic E-state index is -4.00. The van der Waals surface area contributed by atoms with E-state index in [4.69, 9.17) is 4.74 Å². The summed E-state index contributed by atoms with van der Waals surface area (Å²) in [4.78, 5) is 24.8. The van der Waals surface area contributed by atoms with Crippen LogP contribution >= 0.6 is 11.3 Å². The van der Waals surface area contributed by atoms with Crippen molar-refractivity contribution in [2.24, 2.45) is 5.92 Å². The lowest BCUT2D eigenvalue weighted by Crippen LogP contribution is -2.44. The van der Waals surface area contributed by atoms with Crippen LogP contribution in [0.2, 0.25) is 0 Å². The average molecular weight is 449 g/mol. The second-order valence-electron chi connectivity index (χ2n) is 7.39. The minimum Gasteiger partial charge on any atom is -0.480 e. The highest BCUT2D eigenvalue weighted by molar-refractivity contribution is 7.89. The van der Waals surface area contributed by atoms with Crippen LogP contribution in [0.3, 0.4) is 0 Å². The summed E-state index contributed by atoms with van der Waals surface area (Å²) in [7, 11) is -4.00. The molecule has 0 aliphatic carbocycles. The number of cyclic esters (lactones) is 1. The van der Waals surface area contributed by atoms with Gasteiger partial charge in [-0.1, -0.05) is 26.0 Å². The van der Waals surface area contributed by atoms with Gasteiger partial charge in [-0.05, 0) is 30.2 Å². The number of anilines is 1. The number of sulfonamides is 1. The largest absolute Gasteiger partial charge is 0.480 e. The summed E-state index contributed by atoms with van der Waals surface area (Å²) in [5.74, 6) is -1.62. The predicted molar refractivity (Wildman–Crippen MR) is 115 cm³/mol. The van der Waals surface area contributed by atoms with E-state index in [1.165, 1.54) is 17.4 Å². The summed E-state index contributed by atoms with van der Waals surface area (Å²) in [6.07, 6.45) is -0.381. The monoisotopic (exact) mass is 448 g/mol. The number of fused-ring (bicyclic) bond motifs is 3. The minimum absolute atomic E-state index is 0.0109. The Kier molecular flexibility index (Phi) is 5.16. The SMILES string of the molecule is CC(C)[C@H](NS(=O)(=O)c1ccc2c(c1)sc1cc(N3CCOC3=O)ccc12)C(=O)O. The summed E-state index contributed by atoms with van der Waals surface area (Å²) >= 11 is 1.41. The highest BCUT2D eigenvalue weighted by Gasteiger charge is 2.28. The van der Waals surface area contributed by atoms with Crippen molar-refractivity contribution >= 4 is 59.3 Å². The zero-order valence-electron chi connectivity index (χ0n) is 16.3. The van der Waals surface area contributed by atoms with Crippen LogP contribution < -0.4 is 9.62 Å². The number of rotatable bonds is 6. The molecular formula is C20H20N2O6S2. The van der Waals surface area contributed by atoms with E-state index in [1.807, 2.05) is 18.2 Å². The van der Waals surface area contributed by atoms with Crippen LogP contribution in [0.15, 0.2) is 41.3 Å². The van der Waals surface area contributed by atoms with Crippen molar-refractivity contribution in [1.82, 2.24) is 4.72 Å². The van der Waals surface area contributed by atoms with E-state index in [9.17, 15) is 23.1 Å². The van der Waals surface area contributed by atoms with E-state index in [0.29, 0.717) is 13.2 Å². The Morgan fingerprint density at radius 1 is 1.17 bits per heavy atom. The molecule has 1 fully saturated rings. The fraction of sp³-hybridized carbons (Fsp3) is 0.300. The molecule has 10 heteroatoms. The highest BCUT2D eigenvalue weighted by Crippen LogP contribution is 2.37. The van der Waals surface area contributed by atoms with Crippen molar-refractivity contribution in [3.05, 3.63) is 36.4 Å². The molecule has 2 aromatic carbocycles. The van der Waals surface area contributed by atoms with E-state index in [2.05, 4.69) is 4.72 Å². The molecule has 1 aliphatic heterocycles. The standard InChI is InChI=1S/C20H20N2O6S2/c1-11(2)18(19(23)24)21-30(26,27)13-4-6-15-14-5-3-12(22-7-8-28-20(22)25)9-16(14)29-17(15)10-13/h3-6,9-11,18,21H,7-8H2,1-2H3,(H,23,24)/t18-/m0/s1. The first kappa shape index (κ1) is 20.6. The number of carbonyl (C=O) groups excluding carboxylic acids is 1. The van der Waals surface area contributed by atoms with E-state index in [-0.39, 0.29) is 11.0 Å². The Morgan fingerprint density at radius 2 is 1.83 bits per heavy atom. The molecule has 3 aromatic rings. The van der Waals surface area contributed by atoms with Crippen molar-refractivity contribution in [1.29, 1.82) is 0 Å². The summed E-state index contributed by atoms with van der Waals surface area (Å²) < 4.78 is 34.4. The molecule has 158 valence electrons. The molecule has 4 rings (SSSR count). The lowest BCUT2D eigenvalue weighted by molar-refractivity contribution is -0.140. The van der Waals surface area contributed by atoms with Crippen molar-refractivity contribution in [3.8, 4) is 0 Å². The molecule has 8 nitrogen and oxygen atoms in total. The van der Waals surface area contributed by atoms with Crippen LogP contribution in [0.25, 0.3) is 20.2 Å². The average Bonchev–Trinajstić information content (AvgIpc) is 3.27. The van der Waals surface area contributed by atoms with Gasteiger partial charge in [-0.3, -0.25) is 9.69 Å². The zero-order chi connectivity index (χ0) is 21.6. The lowest BCUT2D eigenvalue weighted by atomic mass is 10.1. The van der Waals surface area contributed by atoms with Gasteiger partial charge < -0.3 is 9.84 Å². The first-order valence-electron chi connectivity index (χ1n) is 9.33. The molecule has 0 radical (unpaired) electrons. The molecular weight excluding hydrogens is 428 g/mol. The second kappa shape index (κ2) is 7.53. The van der Waals surface area contributed by atoms with E-state index in [0.717, 1.165) is 25.9 Å². The van der Waals surface area contributed by atoms with E-state index < -0.39 is 28.0 Å². The van der Waals surface area contributed by atoms with Gasteiger partial charge >= 0.3 is 12.1 Å². The fourth-order valence-electron chi connectivity index (χ4n) is 3.42. The molecule has 1 atom stereocenters. The highest BCUT2D eigenvalue weighted by atomic mass is 32.2. The number of nitrogens with one attached hydrogen (secondary N) is 1. The Balaban J connectivity index is 1.72. The fourth-order valence-corrected chi connectivity index (χ4v) is 6.03. The molecule has 2 heterocycles. The van der Waals surface area contributed by atoms with Crippen LogP contribution in [0.4, 0.5) is 10.5 Å². The lowest BCUT2D eigenvalue weighted by Gasteiger charge is -2.18. The third-order valence-corrected chi connectivity index (χ3v) is 7.58. The molecule has 30 heavy (non-hydrogen) atoms. The van der Waals surface area contributed by atoms with Gasteiger partial charge in [-0.2, -0.15) is 4.72 Å². The summed E-state index contributed by atoms with van der Waals surface area (Å²) in [5, 5.41) is 11.1. The first-order valence-corrected chi connectivity index (χ1v) is 11.6. The number of thiophene rings is 1. The van der Waals surface area contributed by atoms with Crippen molar-refractivity contribution in [2.45, 2.75) is 24.8 Å². The van der Waals surface area contributed by atoms with Gasteiger partial charge in [-0.15, -0.1) is 11.3 Å². The molecule has 1 aromatic heterocycles. The van der Waals surface area contributed by atoms with Crippen molar-refractivity contribution in [2.75, 3.05) is 18.1 Å². The molecule has 2 N–H and O–H groups in total. The normalized spacial score (nSPS) is 15.8. The summed E-state index contributed by atoms with van der Waals surface area (Å²) in [5.41, 5.74) is 0.729. The summed E-state index contributed by atoms with van der Waals surface area (Å²) in [6.45, 7) is 4.13. The van der Waals surface area contributed by atoms with Gasteiger partial charge in [-0.25, -0.2) is 13.2 Å². The van der Waals surface area contributed by atoms with Gasteiger partial charge in [0.1, 0.15) is 12.6 Å². The summed E-state index contributed by atoms with van der Waals surface area (Å²) in [6, 6.07) is 9.16. The van der Waals surface area contributed by atoms with Crippen LogP contribution in [-0.2, 0) is 19.6 Å². The Bertz CT molecular complexity index is 1270. The number of benzene rings is 2. The van der Waals surface area contributed by atoms with Crippen molar-refractivity contribution in [3.63, 3.8) is 0 Å². The number of aliphatic carboxylic acids is 1. The number of amides is 1. The van der Waals surface area contributed by atoms with E-state index in [1.54, 1.807) is 30.9 Å². The van der Waals surface area contributed by atoms with Crippen LogP contribution in [0.5, 0.6) is 0 Å². The quantitative estimate of drug-likeness (QED) is 0.598. The molecule has 0 unspecified atom stereocenters. The number of nitrogens with zero attached hydrogens (tertiary/aromatic N) is 1. The maximum absolute atomic E-state index is 12.7. The number of carboxylic acids is 1. The predicted octanol–water partition coefficient (Wildman–Crippen LogP) is 3.40. The number of ether oxygens (including phenoxy) is 1. The molecule has 0 spiro atoms. The van der Waals surface area contributed by atoms with Gasteiger partial charge in [0.15, 0.2) is 0 Å². The Hall–Kier alpha value is -2.69. The maximum atomic E-state index is 12.7. The van der Waals surface area contributed by atoms with E-state index >= 15 is 0 Å². The number of carboxylic acid groups (broad SMARTS) is 1. The van der Waals surface area contributed by atoms with Gasteiger partial charge in [0.05, 0.1) is 11.4 Å². The smallest absolute Gasteiger partial charge is 0.414 e. The molecule has 1 aliphatic rings. The Morgan fingerprint density at radius 3 is 2.43 bits per heavy atom. The van der Waals surface area contributed by atoms with Crippen LogP contribution in [-0.4, -0.2) is 44.8 Å². The third-order valence-electron chi connectivity index (χ3n) is 5.03. The molecule has 1 amide bonds. The number of carbonyl (C=O) groups is 2. The van der Waals surface area contributed by atoms with Crippen LogP contribution in [0.1, 0.15) is 13.8 Å². The first-order chi connectivity index (χ1) is 14.2. The molecule has 0 saturated carbocycles.